The van der Waals surface area contributed by atoms with E-state index < -0.39 is 17.4 Å². The number of aromatic nitrogens is 2. The Hall–Kier alpha value is -1.89. The Morgan fingerprint density at radius 1 is 1.63 bits per heavy atom. The zero-order valence-electron chi connectivity index (χ0n) is 10.8. The summed E-state index contributed by atoms with van der Waals surface area (Å²) in [6.45, 7) is 2.56. The number of carbonyl (C=O) groups excluding carboxylic acids is 1. The van der Waals surface area contributed by atoms with E-state index in [9.17, 15) is 14.7 Å². The van der Waals surface area contributed by atoms with E-state index in [1.54, 1.807) is 17.7 Å². The fourth-order valence-corrected chi connectivity index (χ4v) is 2.04. The van der Waals surface area contributed by atoms with Gasteiger partial charge in [0.25, 0.3) is 5.91 Å². The minimum Gasteiger partial charge on any atom is -0.480 e. The minimum absolute atomic E-state index is 0.0000718. The van der Waals surface area contributed by atoms with Crippen molar-refractivity contribution in [3.8, 4) is 0 Å². The minimum atomic E-state index is -1.21. The lowest BCUT2D eigenvalue weighted by atomic mass is 9.96. The highest BCUT2D eigenvalue weighted by molar-refractivity contribution is 5.96. The maximum atomic E-state index is 12.0. The molecule has 0 saturated heterocycles. The summed E-state index contributed by atoms with van der Waals surface area (Å²) in [5, 5.41) is 11.9. The van der Waals surface area contributed by atoms with E-state index in [4.69, 9.17) is 5.73 Å². The molecule has 1 aliphatic rings. The van der Waals surface area contributed by atoms with Crippen LogP contribution in [-0.4, -0.2) is 38.6 Å². The van der Waals surface area contributed by atoms with E-state index in [0.29, 0.717) is 13.1 Å². The largest absolute Gasteiger partial charge is 0.480 e. The Bertz CT molecular complexity index is 495. The van der Waals surface area contributed by atoms with Crippen molar-refractivity contribution in [3.05, 3.63) is 18.2 Å². The second-order valence-corrected chi connectivity index (χ2v) is 5.02. The first-order valence-electron chi connectivity index (χ1n) is 6.25. The molecule has 1 atom stereocenters. The number of amides is 1. The van der Waals surface area contributed by atoms with E-state index in [1.807, 2.05) is 0 Å². The summed E-state index contributed by atoms with van der Waals surface area (Å²) in [6.07, 6.45) is 4.73. The molecule has 0 aliphatic heterocycles. The van der Waals surface area contributed by atoms with Crippen LogP contribution in [0.4, 0.5) is 0 Å². The van der Waals surface area contributed by atoms with Crippen molar-refractivity contribution in [2.45, 2.75) is 31.8 Å². The molecule has 19 heavy (non-hydrogen) atoms. The predicted octanol–water partition coefficient (Wildman–Crippen LogP) is -0.175. The average Bonchev–Trinajstić information content (AvgIpc) is 3.10. The molecule has 2 rings (SSSR count). The first-order valence-corrected chi connectivity index (χ1v) is 6.25. The highest BCUT2D eigenvalue weighted by Gasteiger charge is 2.48. The first-order chi connectivity index (χ1) is 8.97. The number of nitrogens with zero attached hydrogens (tertiary/aromatic N) is 2. The molecular weight excluding hydrogens is 248 g/mol. The molecule has 0 radical (unpaired) electrons. The number of hydrogen-bond acceptors (Lipinski definition) is 4. The maximum Gasteiger partial charge on any atom is 0.329 e. The second-order valence-electron chi connectivity index (χ2n) is 5.02. The van der Waals surface area contributed by atoms with Gasteiger partial charge in [-0.1, -0.05) is 0 Å². The van der Waals surface area contributed by atoms with Gasteiger partial charge in [-0.25, -0.2) is 9.78 Å². The Morgan fingerprint density at radius 2 is 2.32 bits per heavy atom. The van der Waals surface area contributed by atoms with Crippen LogP contribution in [0.15, 0.2) is 12.5 Å². The third-order valence-corrected chi connectivity index (χ3v) is 3.46. The molecule has 1 aromatic rings. The lowest BCUT2D eigenvalue weighted by molar-refractivity contribution is -0.144. The number of carboxylic acid groups (broad SMARTS) is 1. The van der Waals surface area contributed by atoms with Crippen LogP contribution in [0.25, 0.3) is 0 Å². The monoisotopic (exact) mass is 266 g/mol. The van der Waals surface area contributed by atoms with Gasteiger partial charge in [0.1, 0.15) is 11.2 Å². The van der Waals surface area contributed by atoms with Gasteiger partial charge in [0.15, 0.2) is 0 Å². The molecule has 0 bridgehead atoms. The Labute approximate surface area is 110 Å². The number of hydrogen-bond donors (Lipinski definition) is 3. The Kier molecular flexibility index (Phi) is 3.57. The zero-order valence-corrected chi connectivity index (χ0v) is 10.8. The molecule has 1 amide bonds. The molecule has 1 heterocycles. The van der Waals surface area contributed by atoms with Gasteiger partial charge >= 0.3 is 5.97 Å². The fraction of sp³-hybridized carbons (Fsp3) is 0.583. The summed E-state index contributed by atoms with van der Waals surface area (Å²) in [7, 11) is 0. The normalized spacial score (nSPS) is 17.8. The quantitative estimate of drug-likeness (QED) is 0.662. The topological polar surface area (TPSA) is 110 Å². The highest BCUT2D eigenvalue weighted by atomic mass is 16.4. The van der Waals surface area contributed by atoms with Gasteiger partial charge in [-0.3, -0.25) is 4.79 Å². The third kappa shape index (κ3) is 2.76. The van der Waals surface area contributed by atoms with E-state index in [0.717, 1.165) is 12.8 Å². The van der Waals surface area contributed by atoms with Crippen LogP contribution >= 0.6 is 0 Å². The fourth-order valence-electron chi connectivity index (χ4n) is 2.04. The van der Waals surface area contributed by atoms with E-state index in [1.165, 1.54) is 6.33 Å². The molecule has 4 N–H and O–H groups in total. The van der Waals surface area contributed by atoms with E-state index in [2.05, 4.69) is 10.3 Å². The van der Waals surface area contributed by atoms with Crippen LogP contribution in [0.1, 0.15) is 30.3 Å². The van der Waals surface area contributed by atoms with E-state index in [-0.39, 0.29) is 11.6 Å². The van der Waals surface area contributed by atoms with Gasteiger partial charge in [0.2, 0.25) is 0 Å². The number of rotatable bonds is 6. The van der Waals surface area contributed by atoms with Crippen molar-refractivity contribution < 1.29 is 14.7 Å². The molecule has 1 fully saturated rings. The molecule has 1 saturated carbocycles. The van der Waals surface area contributed by atoms with Gasteiger partial charge in [-0.15, -0.1) is 0 Å². The molecule has 7 nitrogen and oxygen atoms in total. The summed E-state index contributed by atoms with van der Waals surface area (Å²) in [4.78, 5) is 27.3. The number of nitrogens with one attached hydrogen (secondary N) is 1. The summed E-state index contributed by atoms with van der Waals surface area (Å²) in [5.41, 5.74) is 4.40. The van der Waals surface area contributed by atoms with Gasteiger partial charge < -0.3 is 20.7 Å². The van der Waals surface area contributed by atoms with Crippen LogP contribution in [-0.2, 0) is 11.3 Å². The Balaban J connectivity index is 2.08. The molecule has 0 aromatic carbocycles. The smallest absolute Gasteiger partial charge is 0.329 e. The standard InChI is InChI=1S/C12H18N4O3/c1-12(11(18)19,8-2-3-8)15-10(17)9-6-16(5-4-13)7-14-9/h6-8H,2-5,13H2,1H3,(H,15,17)(H,18,19). The van der Waals surface area contributed by atoms with Crippen molar-refractivity contribution in [3.63, 3.8) is 0 Å². The first kappa shape index (κ1) is 13.5. The Morgan fingerprint density at radius 3 is 2.84 bits per heavy atom. The van der Waals surface area contributed by atoms with Gasteiger partial charge in [-0.05, 0) is 25.7 Å². The van der Waals surface area contributed by atoms with Crippen molar-refractivity contribution in [1.82, 2.24) is 14.9 Å². The van der Waals surface area contributed by atoms with Crippen LogP contribution in [0.2, 0.25) is 0 Å². The molecular formula is C12H18N4O3. The van der Waals surface area contributed by atoms with E-state index >= 15 is 0 Å². The molecule has 0 spiro atoms. The SMILES string of the molecule is CC(NC(=O)c1cn(CCN)cn1)(C(=O)O)C1CC1. The summed E-state index contributed by atoms with van der Waals surface area (Å²) in [6, 6.07) is 0. The summed E-state index contributed by atoms with van der Waals surface area (Å²) < 4.78 is 1.70. The number of nitrogens with two attached hydrogens (primary N) is 1. The van der Waals surface area contributed by atoms with Crippen molar-refractivity contribution >= 4 is 11.9 Å². The van der Waals surface area contributed by atoms with Gasteiger partial charge in [-0.2, -0.15) is 0 Å². The molecule has 1 aromatic heterocycles. The van der Waals surface area contributed by atoms with Crippen molar-refractivity contribution in [2.75, 3.05) is 6.54 Å². The summed E-state index contributed by atoms with van der Waals surface area (Å²) in [5.74, 6) is -1.47. The second kappa shape index (κ2) is 5.00. The lowest BCUT2D eigenvalue weighted by Gasteiger charge is -2.25. The zero-order chi connectivity index (χ0) is 14.0. The third-order valence-electron chi connectivity index (χ3n) is 3.46. The predicted molar refractivity (Wildman–Crippen MR) is 67.5 cm³/mol. The molecule has 104 valence electrons. The average molecular weight is 266 g/mol. The number of carbonyl (C=O) groups is 2. The van der Waals surface area contributed by atoms with Crippen molar-refractivity contribution in [2.24, 2.45) is 11.7 Å². The molecule has 1 aliphatic carbocycles. The maximum absolute atomic E-state index is 12.0. The molecule has 1 unspecified atom stereocenters. The van der Waals surface area contributed by atoms with Crippen LogP contribution < -0.4 is 11.1 Å². The van der Waals surface area contributed by atoms with Gasteiger partial charge in [0.05, 0.1) is 6.33 Å². The summed E-state index contributed by atoms with van der Waals surface area (Å²) >= 11 is 0. The van der Waals surface area contributed by atoms with Gasteiger partial charge in [0, 0.05) is 19.3 Å². The number of imidazole rings is 1. The number of aliphatic carboxylic acids is 1. The highest BCUT2D eigenvalue weighted by Crippen LogP contribution is 2.39. The van der Waals surface area contributed by atoms with Crippen LogP contribution in [0.5, 0.6) is 0 Å². The number of carboxylic acids is 1. The van der Waals surface area contributed by atoms with Crippen molar-refractivity contribution in [1.29, 1.82) is 0 Å². The van der Waals surface area contributed by atoms with Crippen LogP contribution in [0.3, 0.4) is 0 Å². The van der Waals surface area contributed by atoms with Crippen LogP contribution in [0, 0.1) is 5.92 Å². The molecule has 7 heteroatoms. The lowest BCUT2D eigenvalue weighted by Crippen LogP contribution is -2.54.